The molecule has 146 valence electrons. The summed E-state index contributed by atoms with van der Waals surface area (Å²) in [6, 6.07) is 10.4. The third-order valence-corrected chi connectivity index (χ3v) is 5.63. The van der Waals surface area contributed by atoms with Crippen LogP contribution in [0.25, 0.3) is 5.65 Å². The summed E-state index contributed by atoms with van der Waals surface area (Å²) in [6.07, 6.45) is 5.75. The van der Waals surface area contributed by atoms with Gasteiger partial charge in [-0.1, -0.05) is 12.1 Å². The molecule has 0 spiro atoms. The molecule has 1 aromatic carbocycles. The van der Waals surface area contributed by atoms with Crippen LogP contribution in [0.2, 0.25) is 0 Å². The number of imidazole rings is 1. The molecule has 0 bridgehead atoms. The first-order valence-electron chi connectivity index (χ1n) is 9.97. The van der Waals surface area contributed by atoms with Gasteiger partial charge in [-0.3, -0.25) is 9.20 Å². The highest BCUT2D eigenvalue weighted by atomic mass is 16.1. The van der Waals surface area contributed by atoms with Crippen LogP contribution in [0.3, 0.4) is 0 Å². The molecule has 0 atom stereocenters. The first-order chi connectivity index (χ1) is 13.5. The smallest absolute Gasteiger partial charge is 0.278 e. The predicted octanol–water partition coefficient (Wildman–Crippen LogP) is 3.88. The predicted molar refractivity (Wildman–Crippen MR) is 111 cm³/mol. The number of likely N-dealkylation sites (tertiary alicyclic amines) is 1. The van der Waals surface area contributed by atoms with E-state index in [4.69, 9.17) is 0 Å². The second-order valence-corrected chi connectivity index (χ2v) is 7.88. The number of amides is 1. The Kier molecular flexibility index (Phi) is 5.13. The molecule has 4 rings (SSSR count). The molecule has 1 fully saturated rings. The van der Waals surface area contributed by atoms with Crippen LogP contribution in [0.4, 0.5) is 5.69 Å². The molecule has 3 aromatic rings. The number of aryl methyl sites for hydroxylation is 1. The number of hydrogen-bond acceptors (Lipinski definition) is 4. The van der Waals surface area contributed by atoms with Crippen molar-refractivity contribution in [2.75, 3.05) is 18.4 Å². The minimum absolute atomic E-state index is 0.229. The third-order valence-electron chi connectivity index (χ3n) is 5.63. The zero-order valence-corrected chi connectivity index (χ0v) is 16.7. The fourth-order valence-corrected chi connectivity index (χ4v) is 4.04. The molecular weight excluding hydrogens is 350 g/mol. The second-order valence-electron chi connectivity index (χ2n) is 7.88. The van der Waals surface area contributed by atoms with Crippen molar-refractivity contribution < 1.29 is 4.79 Å². The van der Waals surface area contributed by atoms with Crippen LogP contribution < -0.4 is 5.32 Å². The van der Waals surface area contributed by atoms with Gasteiger partial charge < -0.3 is 10.2 Å². The summed E-state index contributed by atoms with van der Waals surface area (Å²) < 4.78 is 1.99. The van der Waals surface area contributed by atoms with E-state index in [-0.39, 0.29) is 5.91 Å². The standard InChI is InChI=1S/C22H27N5O/c1-15(2)26-11-8-17(9-12-26)19-7-10-23-21-20(24-14-27(19)21)22(28)25-18-6-4-5-16(3)13-18/h4-7,10,13-15,17H,8-9,11-12H2,1-3H3,(H,25,28). The van der Waals surface area contributed by atoms with E-state index in [0.717, 1.165) is 37.2 Å². The largest absolute Gasteiger partial charge is 0.321 e. The van der Waals surface area contributed by atoms with Gasteiger partial charge in [0.25, 0.3) is 5.91 Å². The lowest BCUT2D eigenvalue weighted by molar-refractivity contribution is 0.102. The molecule has 6 nitrogen and oxygen atoms in total. The zero-order chi connectivity index (χ0) is 19.7. The summed E-state index contributed by atoms with van der Waals surface area (Å²) >= 11 is 0. The van der Waals surface area contributed by atoms with E-state index >= 15 is 0 Å². The normalized spacial score (nSPS) is 16.0. The molecule has 1 amide bonds. The minimum atomic E-state index is -0.229. The van der Waals surface area contributed by atoms with Gasteiger partial charge in [-0.15, -0.1) is 0 Å². The first kappa shape index (κ1) is 18.6. The fourth-order valence-electron chi connectivity index (χ4n) is 4.04. The molecule has 0 aliphatic carbocycles. The highest BCUT2D eigenvalue weighted by Crippen LogP contribution is 2.29. The van der Waals surface area contributed by atoms with Crippen LogP contribution in [0.15, 0.2) is 42.9 Å². The van der Waals surface area contributed by atoms with Gasteiger partial charge in [0.1, 0.15) is 6.33 Å². The molecule has 0 saturated carbocycles. The van der Waals surface area contributed by atoms with Gasteiger partial charge in [0.05, 0.1) is 0 Å². The number of fused-ring (bicyclic) bond motifs is 1. The maximum atomic E-state index is 12.8. The molecule has 0 radical (unpaired) electrons. The highest BCUT2D eigenvalue weighted by molar-refractivity contribution is 6.06. The van der Waals surface area contributed by atoms with Gasteiger partial charge in [0.2, 0.25) is 0 Å². The SMILES string of the molecule is Cc1cccc(NC(=O)c2ncn3c(C4CCN(C(C)C)CC4)ccnc23)c1. The summed E-state index contributed by atoms with van der Waals surface area (Å²) in [5.74, 6) is 0.231. The van der Waals surface area contributed by atoms with Gasteiger partial charge >= 0.3 is 0 Å². The number of rotatable bonds is 4. The van der Waals surface area contributed by atoms with E-state index in [1.165, 1.54) is 5.69 Å². The van der Waals surface area contributed by atoms with E-state index in [9.17, 15) is 4.79 Å². The summed E-state index contributed by atoms with van der Waals surface area (Å²) in [4.78, 5) is 24.1. The average Bonchev–Trinajstić information content (AvgIpc) is 3.12. The molecular formula is C22H27N5O. The Morgan fingerprint density at radius 1 is 1.18 bits per heavy atom. The zero-order valence-electron chi connectivity index (χ0n) is 16.7. The molecule has 2 aromatic heterocycles. The van der Waals surface area contributed by atoms with E-state index < -0.39 is 0 Å². The van der Waals surface area contributed by atoms with Gasteiger partial charge in [-0.25, -0.2) is 9.97 Å². The Balaban J connectivity index is 1.58. The van der Waals surface area contributed by atoms with Crippen LogP contribution >= 0.6 is 0 Å². The topological polar surface area (TPSA) is 62.5 Å². The molecule has 1 saturated heterocycles. The summed E-state index contributed by atoms with van der Waals surface area (Å²) in [5.41, 5.74) is 4.04. The van der Waals surface area contributed by atoms with Crippen molar-refractivity contribution in [2.45, 2.75) is 45.6 Å². The second kappa shape index (κ2) is 7.72. The van der Waals surface area contributed by atoms with Crippen LogP contribution in [-0.2, 0) is 0 Å². The number of carbonyl (C=O) groups excluding carboxylic acids is 1. The van der Waals surface area contributed by atoms with Gasteiger partial charge in [0, 0.05) is 29.5 Å². The van der Waals surface area contributed by atoms with Crippen molar-refractivity contribution >= 4 is 17.2 Å². The minimum Gasteiger partial charge on any atom is -0.321 e. The fraction of sp³-hybridized carbons (Fsp3) is 0.409. The molecule has 1 aliphatic heterocycles. The van der Waals surface area contributed by atoms with Crippen LogP contribution in [-0.4, -0.2) is 44.3 Å². The number of nitrogens with zero attached hydrogens (tertiary/aromatic N) is 4. The van der Waals surface area contributed by atoms with Crippen molar-refractivity contribution in [3.05, 3.63) is 59.8 Å². The van der Waals surface area contributed by atoms with Crippen LogP contribution in [0, 0.1) is 6.92 Å². The number of hydrogen-bond donors (Lipinski definition) is 1. The summed E-state index contributed by atoms with van der Waals surface area (Å²) in [5, 5.41) is 2.93. The van der Waals surface area contributed by atoms with Crippen molar-refractivity contribution in [1.29, 1.82) is 0 Å². The molecule has 1 N–H and O–H groups in total. The molecule has 1 aliphatic rings. The number of aromatic nitrogens is 3. The average molecular weight is 377 g/mol. The number of anilines is 1. The summed E-state index contributed by atoms with van der Waals surface area (Å²) in [7, 11) is 0. The lowest BCUT2D eigenvalue weighted by Gasteiger charge is -2.34. The number of nitrogens with one attached hydrogen (secondary N) is 1. The van der Waals surface area contributed by atoms with E-state index in [0.29, 0.717) is 23.3 Å². The Labute approximate surface area is 165 Å². The van der Waals surface area contributed by atoms with E-state index in [1.807, 2.05) is 35.6 Å². The molecule has 6 heteroatoms. The van der Waals surface area contributed by atoms with Crippen molar-refractivity contribution in [3.8, 4) is 0 Å². The number of piperidine rings is 1. The Hall–Kier alpha value is -2.73. The Morgan fingerprint density at radius 3 is 2.68 bits per heavy atom. The van der Waals surface area contributed by atoms with Crippen molar-refractivity contribution in [3.63, 3.8) is 0 Å². The van der Waals surface area contributed by atoms with E-state index in [1.54, 1.807) is 12.5 Å². The molecule has 3 heterocycles. The van der Waals surface area contributed by atoms with Gasteiger partial charge in [-0.2, -0.15) is 0 Å². The maximum Gasteiger partial charge on any atom is 0.278 e. The Morgan fingerprint density at radius 2 is 1.96 bits per heavy atom. The number of carbonyl (C=O) groups is 1. The monoisotopic (exact) mass is 377 g/mol. The van der Waals surface area contributed by atoms with Crippen molar-refractivity contribution in [1.82, 2.24) is 19.3 Å². The summed E-state index contributed by atoms with van der Waals surface area (Å²) in [6.45, 7) is 8.70. The first-order valence-corrected chi connectivity index (χ1v) is 9.97. The highest BCUT2D eigenvalue weighted by Gasteiger charge is 2.25. The molecule has 28 heavy (non-hydrogen) atoms. The van der Waals surface area contributed by atoms with Gasteiger partial charge in [0.15, 0.2) is 11.3 Å². The van der Waals surface area contributed by atoms with E-state index in [2.05, 4.69) is 40.1 Å². The lowest BCUT2D eigenvalue weighted by Crippen LogP contribution is -2.38. The lowest BCUT2D eigenvalue weighted by atomic mass is 9.92. The number of benzene rings is 1. The third kappa shape index (κ3) is 3.64. The van der Waals surface area contributed by atoms with Crippen LogP contribution in [0.1, 0.15) is 54.4 Å². The maximum absolute atomic E-state index is 12.8. The van der Waals surface area contributed by atoms with Gasteiger partial charge in [-0.05, 0) is 70.5 Å². The quantitative estimate of drug-likeness (QED) is 0.749. The van der Waals surface area contributed by atoms with Crippen molar-refractivity contribution in [2.24, 2.45) is 0 Å². The molecule has 0 unspecified atom stereocenters. The van der Waals surface area contributed by atoms with Crippen LogP contribution in [0.5, 0.6) is 0 Å². The Bertz CT molecular complexity index is 986.